The van der Waals surface area contributed by atoms with Gasteiger partial charge in [-0.05, 0) is 45.0 Å². The van der Waals surface area contributed by atoms with Gasteiger partial charge in [-0.1, -0.05) is 166 Å². The molecule has 0 unspecified atom stereocenters. The van der Waals surface area contributed by atoms with Crippen molar-refractivity contribution in [3.05, 3.63) is 186 Å². The second-order valence-electron chi connectivity index (χ2n) is 12.4. The van der Waals surface area contributed by atoms with E-state index in [2.05, 4.69) is 135 Å². The van der Waals surface area contributed by atoms with Gasteiger partial charge >= 0.3 is 0 Å². The van der Waals surface area contributed by atoms with Gasteiger partial charge in [0.05, 0.1) is 0 Å². The quantitative estimate of drug-likeness (QED) is 0.200. The SMILES string of the molecule is CC1(C)c2ccccc2C(c2ccc(-c3ccccc3)cc2-c2nc(-c3ccccc3)nc(-c3ccccc3)n2)c2ccccc21. The van der Waals surface area contributed by atoms with Crippen LogP contribution >= 0.6 is 0 Å². The fourth-order valence-electron chi connectivity index (χ4n) is 7.02. The number of nitrogens with zero attached hydrogens (tertiary/aromatic N) is 3. The van der Waals surface area contributed by atoms with E-state index in [1.165, 1.54) is 27.8 Å². The summed E-state index contributed by atoms with van der Waals surface area (Å²) in [5, 5.41) is 0. The van der Waals surface area contributed by atoms with E-state index in [1.807, 2.05) is 36.4 Å². The topological polar surface area (TPSA) is 38.7 Å². The molecule has 0 atom stereocenters. The van der Waals surface area contributed by atoms with Gasteiger partial charge in [0.15, 0.2) is 17.5 Å². The third kappa shape index (κ3) is 4.81. The summed E-state index contributed by atoms with van der Waals surface area (Å²) in [4.78, 5) is 15.4. The highest BCUT2D eigenvalue weighted by Crippen LogP contribution is 2.50. The van der Waals surface area contributed by atoms with Crippen molar-refractivity contribution >= 4 is 0 Å². The van der Waals surface area contributed by atoms with Gasteiger partial charge in [0.2, 0.25) is 0 Å². The van der Waals surface area contributed by atoms with Crippen LogP contribution in [0.5, 0.6) is 0 Å². The van der Waals surface area contributed by atoms with Crippen LogP contribution in [0.2, 0.25) is 0 Å². The van der Waals surface area contributed by atoms with E-state index in [0.717, 1.165) is 27.8 Å². The minimum atomic E-state index is -0.123. The number of rotatable bonds is 5. The van der Waals surface area contributed by atoms with Crippen LogP contribution in [0.3, 0.4) is 0 Å². The average Bonchev–Trinajstić information content (AvgIpc) is 3.13. The Bertz CT molecular complexity index is 2060. The molecule has 0 N–H and O–H groups in total. The lowest BCUT2D eigenvalue weighted by molar-refractivity contribution is 0.597. The summed E-state index contributed by atoms with van der Waals surface area (Å²) in [6.45, 7) is 4.68. The molecule has 0 aliphatic heterocycles. The molecular formula is C43H33N3. The molecule has 1 aliphatic carbocycles. The van der Waals surface area contributed by atoms with E-state index >= 15 is 0 Å². The molecule has 6 aromatic carbocycles. The molecule has 1 aliphatic rings. The Morgan fingerprint density at radius 1 is 0.391 bits per heavy atom. The van der Waals surface area contributed by atoms with Crippen LogP contribution in [-0.2, 0) is 5.41 Å². The van der Waals surface area contributed by atoms with Crippen molar-refractivity contribution in [1.29, 1.82) is 0 Å². The fourth-order valence-corrected chi connectivity index (χ4v) is 7.02. The highest BCUT2D eigenvalue weighted by Gasteiger charge is 2.38. The minimum Gasteiger partial charge on any atom is -0.208 e. The standard InChI is InChI=1S/C43H33N3/c1-43(2)37-24-14-12-22-34(37)39(35-23-13-15-25-38(35)43)33-27-26-32(29-16-6-3-7-17-29)28-36(33)42-45-40(30-18-8-4-9-19-30)44-41(46-42)31-20-10-5-11-21-31/h3-28,39H,1-2H3. The van der Waals surface area contributed by atoms with Crippen molar-refractivity contribution in [1.82, 2.24) is 15.0 Å². The average molecular weight is 592 g/mol. The zero-order chi connectivity index (χ0) is 31.1. The molecule has 3 heteroatoms. The van der Waals surface area contributed by atoms with Gasteiger partial charge in [-0.15, -0.1) is 0 Å². The van der Waals surface area contributed by atoms with Crippen LogP contribution < -0.4 is 0 Å². The zero-order valence-electron chi connectivity index (χ0n) is 25.9. The second-order valence-corrected chi connectivity index (χ2v) is 12.4. The van der Waals surface area contributed by atoms with Crippen molar-refractivity contribution in [2.75, 3.05) is 0 Å². The molecular weight excluding hydrogens is 558 g/mol. The van der Waals surface area contributed by atoms with Gasteiger partial charge in [0.1, 0.15) is 0 Å². The Kier molecular flexibility index (Phi) is 6.88. The number of benzene rings is 6. The summed E-state index contributed by atoms with van der Waals surface area (Å²) in [7, 11) is 0. The van der Waals surface area contributed by atoms with Crippen LogP contribution in [0.4, 0.5) is 0 Å². The Labute approximate surface area is 270 Å². The molecule has 0 radical (unpaired) electrons. The first-order valence-electron chi connectivity index (χ1n) is 15.8. The maximum Gasteiger partial charge on any atom is 0.164 e. The Hall–Kier alpha value is -5.67. The van der Waals surface area contributed by atoms with Gasteiger partial charge in [-0.3, -0.25) is 0 Å². The highest BCUT2D eigenvalue weighted by atomic mass is 15.0. The monoisotopic (exact) mass is 591 g/mol. The molecule has 46 heavy (non-hydrogen) atoms. The van der Waals surface area contributed by atoms with Crippen LogP contribution in [-0.4, -0.2) is 15.0 Å². The lowest BCUT2D eigenvalue weighted by Crippen LogP contribution is -2.29. The van der Waals surface area contributed by atoms with E-state index in [4.69, 9.17) is 15.0 Å². The summed E-state index contributed by atoms with van der Waals surface area (Å²) < 4.78 is 0. The van der Waals surface area contributed by atoms with Gasteiger partial charge in [0, 0.05) is 28.0 Å². The molecule has 0 bridgehead atoms. The molecule has 7 aromatic rings. The van der Waals surface area contributed by atoms with Crippen molar-refractivity contribution in [3.63, 3.8) is 0 Å². The Morgan fingerprint density at radius 2 is 0.826 bits per heavy atom. The largest absolute Gasteiger partial charge is 0.208 e. The van der Waals surface area contributed by atoms with E-state index in [0.29, 0.717) is 17.5 Å². The van der Waals surface area contributed by atoms with Crippen molar-refractivity contribution in [2.45, 2.75) is 25.2 Å². The lowest BCUT2D eigenvalue weighted by Gasteiger charge is -2.40. The number of hydrogen-bond acceptors (Lipinski definition) is 3. The molecule has 3 nitrogen and oxygen atoms in total. The van der Waals surface area contributed by atoms with Crippen LogP contribution in [0, 0.1) is 0 Å². The molecule has 0 amide bonds. The fraction of sp³-hybridized carbons (Fsp3) is 0.0930. The number of fused-ring (bicyclic) bond motifs is 2. The predicted molar refractivity (Wildman–Crippen MR) is 188 cm³/mol. The van der Waals surface area contributed by atoms with E-state index in [1.54, 1.807) is 0 Å². The van der Waals surface area contributed by atoms with Gasteiger partial charge in [0.25, 0.3) is 0 Å². The number of hydrogen-bond donors (Lipinski definition) is 0. The van der Waals surface area contributed by atoms with Crippen molar-refractivity contribution in [3.8, 4) is 45.3 Å². The second kappa shape index (κ2) is 11.4. The first-order chi connectivity index (χ1) is 22.6. The van der Waals surface area contributed by atoms with Crippen LogP contribution in [0.1, 0.15) is 47.6 Å². The molecule has 1 aromatic heterocycles. The number of aromatic nitrogens is 3. The molecule has 0 saturated carbocycles. The summed E-state index contributed by atoms with van der Waals surface area (Å²) in [5.74, 6) is 2.00. The third-order valence-corrected chi connectivity index (χ3v) is 9.30. The molecule has 1 heterocycles. The molecule has 0 spiro atoms. The minimum absolute atomic E-state index is 0.0114. The maximum absolute atomic E-state index is 5.21. The summed E-state index contributed by atoms with van der Waals surface area (Å²) >= 11 is 0. The van der Waals surface area contributed by atoms with Crippen molar-refractivity contribution < 1.29 is 0 Å². The van der Waals surface area contributed by atoms with Gasteiger partial charge in [-0.2, -0.15) is 0 Å². The van der Waals surface area contributed by atoms with Crippen molar-refractivity contribution in [2.24, 2.45) is 0 Å². The summed E-state index contributed by atoms with van der Waals surface area (Å²) in [5.41, 5.74) is 11.6. The van der Waals surface area contributed by atoms with Gasteiger partial charge in [-0.25, -0.2) is 15.0 Å². The normalized spacial score (nSPS) is 13.5. The highest BCUT2D eigenvalue weighted by molar-refractivity contribution is 5.77. The van der Waals surface area contributed by atoms with E-state index in [9.17, 15) is 0 Å². The van der Waals surface area contributed by atoms with Crippen LogP contribution in [0.25, 0.3) is 45.3 Å². The summed E-state index contributed by atoms with van der Waals surface area (Å²) in [6, 6.07) is 55.6. The van der Waals surface area contributed by atoms with Gasteiger partial charge < -0.3 is 0 Å². The smallest absolute Gasteiger partial charge is 0.164 e. The molecule has 0 saturated heterocycles. The molecule has 220 valence electrons. The molecule has 8 rings (SSSR count). The summed E-state index contributed by atoms with van der Waals surface area (Å²) in [6.07, 6.45) is 0. The zero-order valence-corrected chi connectivity index (χ0v) is 25.9. The Morgan fingerprint density at radius 3 is 1.35 bits per heavy atom. The molecule has 0 fully saturated rings. The third-order valence-electron chi connectivity index (χ3n) is 9.30. The first-order valence-corrected chi connectivity index (χ1v) is 15.8. The van der Waals surface area contributed by atoms with Crippen LogP contribution in [0.15, 0.2) is 158 Å². The van der Waals surface area contributed by atoms with E-state index < -0.39 is 0 Å². The first kappa shape index (κ1) is 27.8. The predicted octanol–water partition coefficient (Wildman–Crippen LogP) is 10.4. The van der Waals surface area contributed by atoms with E-state index in [-0.39, 0.29) is 11.3 Å². The lowest BCUT2D eigenvalue weighted by atomic mass is 9.63. The Balaban J connectivity index is 1.43. The maximum atomic E-state index is 5.21.